The number of rotatable bonds is 2. The van der Waals surface area contributed by atoms with Gasteiger partial charge in [0.05, 0.1) is 0 Å². The van der Waals surface area contributed by atoms with Crippen molar-refractivity contribution in [1.29, 1.82) is 0 Å². The number of halogens is 1. The summed E-state index contributed by atoms with van der Waals surface area (Å²) in [4.78, 5) is 2.96. The van der Waals surface area contributed by atoms with E-state index in [1.54, 1.807) is 0 Å². The molecule has 0 aliphatic rings. The van der Waals surface area contributed by atoms with Crippen LogP contribution >= 0.6 is 15.9 Å². The number of aromatic nitrogens is 1. The van der Waals surface area contributed by atoms with Crippen LogP contribution in [0.15, 0.2) is 59.3 Å². The van der Waals surface area contributed by atoms with Crippen LogP contribution in [0.3, 0.4) is 0 Å². The van der Waals surface area contributed by atoms with Crippen LogP contribution in [0, 0.1) is 0 Å². The standard InChI is InChI=1S/C15H12BrNO/c16-14-4-3-10-7-12(2-1-11(10)8-14)15(18)13-5-6-17-9-13/h1-9,15,17-18H. The molecule has 1 unspecified atom stereocenters. The highest BCUT2D eigenvalue weighted by molar-refractivity contribution is 9.10. The molecule has 2 N–H and O–H groups in total. The molecule has 0 fully saturated rings. The summed E-state index contributed by atoms with van der Waals surface area (Å²) in [5.41, 5.74) is 1.79. The maximum absolute atomic E-state index is 10.3. The molecular weight excluding hydrogens is 290 g/mol. The zero-order valence-corrected chi connectivity index (χ0v) is 11.2. The van der Waals surface area contributed by atoms with Crippen molar-refractivity contribution in [2.75, 3.05) is 0 Å². The molecule has 3 aromatic rings. The summed E-state index contributed by atoms with van der Waals surface area (Å²) in [6.45, 7) is 0. The second kappa shape index (κ2) is 4.59. The normalized spacial score (nSPS) is 12.8. The summed E-state index contributed by atoms with van der Waals surface area (Å²) in [7, 11) is 0. The Balaban J connectivity index is 2.06. The zero-order valence-electron chi connectivity index (χ0n) is 9.60. The molecule has 1 atom stereocenters. The minimum absolute atomic E-state index is 0.579. The molecule has 2 aromatic carbocycles. The molecule has 1 heterocycles. The number of aliphatic hydroxyl groups excluding tert-OH is 1. The highest BCUT2D eigenvalue weighted by atomic mass is 79.9. The minimum Gasteiger partial charge on any atom is -0.384 e. The van der Waals surface area contributed by atoms with Gasteiger partial charge in [0, 0.05) is 22.4 Å². The van der Waals surface area contributed by atoms with Crippen molar-refractivity contribution in [2.45, 2.75) is 6.10 Å². The lowest BCUT2D eigenvalue weighted by molar-refractivity contribution is 0.220. The number of aliphatic hydroxyl groups is 1. The van der Waals surface area contributed by atoms with Crippen molar-refractivity contribution in [3.8, 4) is 0 Å². The van der Waals surface area contributed by atoms with E-state index in [-0.39, 0.29) is 0 Å². The summed E-state index contributed by atoms with van der Waals surface area (Å²) >= 11 is 3.46. The second-order valence-electron chi connectivity index (χ2n) is 4.30. The Morgan fingerprint density at radius 2 is 1.72 bits per heavy atom. The van der Waals surface area contributed by atoms with E-state index >= 15 is 0 Å². The predicted octanol–water partition coefficient (Wildman–Crippen LogP) is 4.01. The zero-order chi connectivity index (χ0) is 12.5. The molecule has 18 heavy (non-hydrogen) atoms. The summed E-state index contributed by atoms with van der Waals surface area (Å²) in [5, 5.41) is 12.6. The quantitative estimate of drug-likeness (QED) is 0.737. The predicted molar refractivity (Wildman–Crippen MR) is 76.5 cm³/mol. The van der Waals surface area contributed by atoms with E-state index in [0.29, 0.717) is 0 Å². The van der Waals surface area contributed by atoms with E-state index in [0.717, 1.165) is 26.4 Å². The molecule has 3 heteroatoms. The van der Waals surface area contributed by atoms with Crippen LogP contribution in [0.1, 0.15) is 17.2 Å². The van der Waals surface area contributed by atoms with Crippen LogP contribution in [0.2, 0.25) is 0 Å². The van der Waals surface area contributed by atoms with Crippen LogP contribution in [0.5, 0.6) is 0 Å². The van der Waals surface area contributed by atoms with Crippen molar-refractivity contribution >= 4 is 26.7 Å². The first kappa shape index (κ1) is 11.5. The third-order valence-corrected chi connectivity index (χ3v) is 3.57. The van der Waals surface area contributed by atoms with Gasteiger partial charge >= 0.3 is 0 Å². The Bertz CT molecular complexity index is 676. The van der Waals surface area contributed by atoms with Crippen LogP contribution in [-0.4, -0.2) is 10.1 Å². The Hall–Kier alpha value is -1.58. The number of fused-ring (bicyclic) bond motifs is 1. The van der Waals surface area contributed by atoms with E-state index in [9.17, 15) is 5.11 Å². The van der Waals surface area contributed by atoms with Crippen molar-refractivity contribution < 1.29 is 5.11 Å². The fraction of sp³-hybridized carbons (Fsp3) is 0.0667. The number of hydrogen-bond donors (Lipinski definition) is 2. The number of aromatic amines is 1. The lowest BCUT2D eigenvalue weighted by Gasteiger charge is -2.10. The lowest BCUT2D eigenvalue weighted by atomic mass is 10.0. The van der Waals surface area contributed by atoms with Crippen LogP contribution in [0.4, 0.5) is 0 Å². The van der Waals surface area contributed by atoms with E-state index < -0.39 is 6.10 Å². The van der Waals surface area contributed by atoms with E-state index in [4.69, 9.17) is 0 Å². The first-order valence-electron chi connectivity index (χ1n) is 5.74. The molecule has 2 nitrogen and oxygen atoms in total. The van der Waals surface area contributed by atoms with Gasteiger partial charge in [-0.2, -0.15) is 0 Å². The smallest absolute Gasteiger partial charge is 0.106 e. The largest absolute Gasteiger partial charge is 0.384 e. The topological polar surface area (TPSA) is 36.0 Å². The molecular formula is C15H12BrNO. The lowest BCUT2D eigenvalue weighted by Crippen LogP contribution is -1.97. The number of nitrogens with one attached hydrogen (secondary N) is 1. The van der Waals surface area contributed by atoms with Gasteiger partial charge in [0.25, 0.3) is 0 Å². The molecule has 90 valence electrons. The SMILES string of the molecule is OC(c1cc[nH]c1)c1ccc2cc(Br)ccc2c1. The van der Waals surface area contributed by atoms with Gasteiger partial charge in [0.2, 0.25) is 0 Å². The van der Waals surface area contributed by atoms with Crippen LogP contribution < -0.4 is 0 Å². The summed E-state index contributed by atoms with van der Waals surface area (Å²) in [5.74, 6) is 0. The Morgan fingerprint density at radius 3 is 2.50 bits per heavy atom. The third-order valence-electron chi connectivity index (χ3n) is 3.08. The molecule has 0 aliphatic carbocycles. The summed E-state index contributed by atoms with van der Waals surface area (Å²) < 4.78 is 1.06. The molecule has 0 spiro atoms. The van der Waals surface area contributed by atoms with Gasteiger partial charge in [0.1, 0.15) is 6.10 Å². The van der Waals surface area contributed by atoms with Gasteiger partial charge in [-0.1, -0.05) is 34.1 Å². The van der Waals surface area contributed by atoms with Crippen molar-refractivity contribution in [2.24, 2.45) is 0 Å². The maximum atomic E-state index is 10.3. The Labute approximate surface area is 113 Å². The van der Waals surface area contributed by atoms with Gasteiger partial charge < -0.3 is 10.1 Å². The average Bonchev–Trinajstić information content (AvgIpc) is 2.91. The first-order valence-corrected chi connectivity index (χ1v) is 6.53. The first-order chi connectivity index (χ1) is 8.74. The summed E-state index contributed by atoms with van der Waals surface area (Å²) in [6.07, 6.45) is 3.05. The van der Waals surface area contributed by atoms with Crippen LogP contribution in [-0.2, 0) is 0 Å². The number of benzene rings is 2. The van der Waals surface area contributed by atoms with Gasteiger partial charge in [-0.25, -0.2) is 0 Å². The third kappa shape index (κ3) is 2.07. The average molecular weight is 302 g/mol. The highest BCUT2D eigenvalue weighted by Crippen LogP contribution is 2.26. The van der Waals surface area contributed by atoms with Crippen molar-refractivity contribution in [3.05, 3.63) is 70.5 Å². The van der Waals surface area contributed by atoms with E-state index in [1.807, 2.05) is 48.8 Å². The monoisotopic (exact) mass is 301 g/mol. The molecule has 0 radical (unpaired) electrons. The summed E-state index contributed by atoms with van der Waals surface area (Å²) in [6, 6.07) is 14.0. The maximum Gasteiger partial charge on any atom is 0.106 e. The molecule has 3 rings (SSSR count). The van der Waals surface area contributed by atoms with Crippen LogP contribution in [0.25, 0.3) is 10.8 Å². The van der Waals surface area contributed by atoms with Gasteiger partial charge in [-0.3, -0.25) is 0 Å². The van der Waals surface area contributed by atoms with Gasteiger partial charge in [0.15, 0.2) is 0 Å². The Kier molecular flexibility index (Phi) is 2.94. The Morgan fingerprint density at radius 1 is 0.944 bits per heavy atom. The van der Waals surface area contributed by atoms with Gasteiger partial charge in [-0.05, 0) is 40.6 Å². The van der Waals surface area contributed by atoms with Crippen molar-refractivity contribution in [1.82, 2.24) is 4.98 Å². The molecule has 1 aromatic heterocycles. The molecule has 0 saturated heterocycles. The number of H-pyrrole nitrogens is 1. The highest BCUT2D eigenvalue weighted by Gasteiger charge is 2.10. The van der Waals surface area contributed by atoms with Gasteiger partial charge in [-0.15, -0.1) is 0 Å². The minimum atomic E-state index is -0.579. The fourth-order valence-electron chi connectivity index (χ4n) is 2.10. The van der Waals surface area contributed by atoms with E-state index in [1.165, 1.54) is 0 Å². The molecule has 0 amide bonds. The fourth-order valence-corrected chi connectivity index (χ4v) is 2.48. The van der Waals surface area contributed by atoms with Crippen molar-refractivity contribution in [3.63, 3.8) is 0 Å². The molecule has 0 bridgehead atoms. The number of hydrogen-bond acceptors (Lipinski definition) is 1. The molecule has 0 aliphatic heterocycles. The molecule has 0 saturated carbocycles. The second-order valence-corrected chi connectivity index (χ2v) is 5.21. The van der Waals surface area contributed by atoms with E-state index in [2.05, 4.69) is 27.0 Å².